The number of carbonyl (C=O) groups excluding carboxylic acids is 2. The number of fused-ring (bicyclic) bond motifs is 6. The summed E-state index contributed by atoms with van der Waals surface area (Å²) in [6, 6.07) is 15.1. The minimum atomic E-state index is -0.396. The number of carbonyl (C=O) groups is 2. The molecular formula is C28H27BrN2O4S2. The Morgan fingerprint density at radius 3 is 2.68 bits per heavy atom. The summed E-state index contributed by atoms with van der Waals surface area (Å²) >= 11 is 6.77. The van der Waals surface area contributed by atoms with Gasteiger partial charge in [-0.1, -0.05) is 39.4 Å². The quantitative estimate of drug-likeness (QED) is 0.345. The Kier molecular flexibility index (Phi) is 6.79. The summed E-state index contributed by atoms with van der Waals surface area (Å²) in [5, 5.41) is 4.31. The first-order valence-corrected chi connectivity index (χ1v) is 15.1. The number of anilines is 1. The number of esters is 1. The van der Waals surface area contributed by atoms with Crippen molar-refractivity contribution in [3.8, 4) is 0 Å². The Morgan fingerprint density at radius 2 is 1.92 bits per heavy atom. The molecule has 0 radical (unpaired) electrons. The summed E-state index contributed by atoms with van der Waals surface area (Å²) in [5.74, 6) is 1.44. The molecular weight excluding hydrogens is 572 g/mol. The number of amides is 1. The van der Waals surface area contributed by atoms with E-state index in [9.17, 15) is 14.4 Å². The molecule has 6 rings (SSSR count). The zero-order valence-electron chi connectivity index (χ0n) is 20.3. The second kappa shape index (κ2) is 10.1. The summed E-state index contributed by atoms with van der Waals surface area (Å²) in [4.78, 5) is 39.2. The average Bonchev–Trinajstić information content (AvgIpc) is 3.58. The predicted octanol–water partition coefficient (Wildman–Crippen LogP) is 6.14. The number of thioether (sulfide) groups is 1. The molecule has 0 saturated heterocycles. The lowest BCUT2D eigenvalue weighted by Crippen LogP contribution is -2.34. The number of nitrogens with zero attached hydrogens (tertiary/aromatic N) is 1. The highest BCUT2D eigenvalue weighted by atomic mass is 79.9. The molecule has 2 heterocycles. The van der Waals surface area contributed by atoms with Crippen LogP contribution in [0.1, 0.15) is 52.9 Å². The van der Waals surface area contributed by atoms with Crippen molar-refractivity contribution in [2.45, 2.75) is 48.9 Å². The zero-order chi connectivity index (χ0) is 25.7. The lowest BCUT2D eigenvalue weighted by Gasteiger charge is -2.40. The predicted molar refractivity (Wildman–Crippen MR) is 150 cm³/mol. The number of benzene rings is 2. The number of thiazole rings is 1. The van der Waals surface area contributed by atoms with Crippen molar-refractivity contribution < 1.29 is 14.3 Å². The minimum absolute atomic E-state index is 0.0337. The molecule has 9 heteroatoms. The van der Waals surface area contributed by atoms with Gasteiger partial charge in [0.25, 0.3) is 0 Å². The van der Waals surface area contributed by atoms with Crippen molar-refractivity contribution in [2.24, 2.45) is 17.8 Å². The number of rotatable bonds is 6. The summed E-state index contributed by atoms with van der Waals surface area (Å²) in [7, 11) is 0. The smallest absolute Gasteiger partial charge is 0.338 e. The van der Waals surface area contributed by atoms with Crippen molar-refractivity contribution in [3.05, 3.63) is 78.7 Å². The fraction of sp³-hybridized carbons (Fsp3) is 0.393. The van der Waals surface area contributed by atoms with E-state index in [1.54, 1.807) is 35.8 Å². The van der Waals surface area contributed by atoms with Gasteiger partial charge in [0.2, 0.25) is 5.91 Å². The van der Waals surface area contributed by atoms with Gasteiger partial charge in [0.15, 0.2) is 0 Å². The number of hydrogen-bond acceptors (Lipinski definition) is 6. The Hall–Kier alpha value is -2.36. The Balaban J connectivity index is 1.28. The van der Waals surface area contributed by atoms with Crippen LogP contribution in [0.5, 0.6) is 0 Å². The summed E-state index contributed by atoms with van der Waals surface area (Å²) < 4.78 is 7.72. The number of halogens is 1. The summed E-state index contributed by atoms with van der Waals surface area (Å²) in [6.45, 7) is 2.03. The van der Waals surface area contributed by atoms with Crippen LogP contribution in [0.2, 0.25) is 0 Å². The van der Waals surface area contributed by atoms with Crippen LogP contribution in [0.15, 0.2) is 62.8 Å². The van der Waals surface area contributed by atoms with Crippen LogP contribution in [0.25, 0.3) is 0 Å². The Bertz CT molecular complexity index is 1420. The molecule has 4 unspecified atom stereocenters. The third-order valence-corrected chi connectivity index (χ3v) is 11.2. The third-order valence-electron chi connectivity index (χ3n) is 7.88. The molecule has 0 spiro atoms. The number of nitrogens with one attached hydrogen (secondary N) is 1. The topological polar surface area (TPSA) is 77.4 Å². The summed E-state index contributed by atoms with van der Waals surface area (Å²) in [5.41, 5.74) is 2.25. The van der Waals surface area contributed by atoms with Crippen LogP contribution in [0.3, 0.4) is 0 Å². The molecule has 1 N–H and O–H groups in total. The molecule has 192 valence electrons. The van der Waals surface area contributed by atoms with E-state index in [1.165, 1.54) is 36.2 Å². The second-order valence-corrected chi connectivity index (χ2v) is 13.1. The zero-order valence-corrected chi connectivity index (χ0v) is 23.5. The van der Waals surface area contributed by atoms with E-state index in [0.29, 0.717) is 40.9 Å². The first-order chi connectivity index (χ1) is 17.9. The van der Waals surface area contributed by atoms with Gasteiger partial charge in [-0.2, -0.15) is 0 Å². The van der Waals surface area contributed by atoms with Crippen LogP contribution < -0.4 is 10.2 Å². The van der Waals surface area contributed by atoms with Crippen molar-refractivity contribution in [3.63, 3.8) is 0 Å². The van der Waals surface area contributed by atoms with E-state index >= 15 is 0 Å². The molecule has 3 aromatic rings. The maximum Gasteiger partial charge on any atom is 0.338 e. The molecule has 2 aliphatic carbocycles. The van der Waals surface area contributed by atoms with E-state index < -0.39 is 5.97 Å². The Labute approximate surface area is 231 Å². The monoisotopic (exact) mass is 598 g/mol. The molecule has 3 aliphatic rings. The molecule has 2 fully saturated rings. The molecule has 1 aliphatic heterocycles. The van der Waals surface area contributed by atoms with Crippen molar-refractivity contribution in [1.82, 2.24) is 4.57 Å². The molecule has 37 heavy (non-hydrogen) atoms. The molecule has 2 saturated carbocycles. The van der Waals surface area contributed by atoms with Gasteiger partial charge in [-0.3, -0.25) is 14.2 Å². The SMILES string of the molecule is CCOC(=O)c1ccc(NC(=O)Cn2c3c(sc2=O)[C@H](c2cccc(Br)c2)C2C4CCC(C4)C2S3)cc1. The fourth-order valence-corrected chi connectivity index (χ4v) is 9.98. The van der Waals surface area contributed by atoms with Crippen molar-refractivity contribution in [1.29, 1.82) is 0 Å². The van der Waals surface area contributed by atoms with Crippen LogP contribution in [0.4, 0.5) is 5.69 Å². The highest BCUT2D eigenvalue weighted by Crippen LogP contribution is 2.64. The van der Waals surface area contributed by atoms with Gasteiger partial charge >= 0.3 is 10.8 Å². The Morgan fingerprint density at radius 1 is 1.14 bits per heavy atom. The van der Waals surface area contributed by atoms with E-state index in [-0.39, 0.29) is 23.2 Å². The average molecular weight is 600 g/mol. The summed E-state index contributed by atoms with van der Waals surface area (Å²) in [6.07, 6.45) is 3.81. The maximum absolute atomic E-state index is 13.2. The van der Waals surface area contributed by atoms with Crippen LogP contribution in [0, 0.1) is 17.8 Å². The van der Waals surface area contributed by atoms with E-state index in [2.05, 4.69) is 39.4 Å². The van der Waals surface area contributed by atoms with E-state index in [4.69, 9.17) is 4.74 Å². The third kappa shape index (κ3) is 4.59. The van der Waals surface area contributed by atoms with E-state index in [0.717, 1.165) is 14.4 Å². The van der Waals surface area contributed by atoms with Crippen LogP contribution in [-0.2, 0) is 16.1 Å². The van der Waals surface area contributed by atoms with Crippen molar-refractivity contribution in [2.75, 3.05) is 11.9 Å². The van der Waals surface area contributed by atoms with Crippen molar-refractivity contribution >= 4 is 56.6 Å². The molecule has 1 aromatic heterocycles. The fourth-order valence-electron chi connectivity index (χ4n) is 6.41. The number of hydrogen-bond donors (Lipinski definition) is 1. The molecule has 2 bridgehead atoms. The lowest BCUT2D eigenvalue weighted by atomic mass is 9.75. The highest BCUT2D eigenvalue weighted by molar-refractivity contribution is 9.10. The van der Waals surface area contributed by atoms with Gasteiger partial charge in [-0.25, -0.2) is 4.79 Å². The van der Waals surface area contributed by atoms with E-state index in [1.807, 2.05) is 17.8 Å². The maximum atomic E-state index is 13.2. The number of aromatic nitrogens is 1. The first-order valence-electron chi connectivity index (χ1n) is 12.7. The van der Waals surface area contributed by atoms with Gasteiger partial charge in [0, 0.05) is 26.2 Å². The van der Waals surface area contributed by atoms with Gasteiger partial charge in [-0.05, 0) is 85.9 Å². The number of ether oxygens (including phenoxy) is 1. The molecule has 6 nitrogen and oxygen atoms in total. The van der Waals surface area contributed by atoms with Crippen LogP contribution >= 0.6 is 39.0 Å². The standard InChI is InChI=1S/C28H27BrN2O4S2/c1-2-35-27(33)15-8-10-20(11-9-15)30-21(32)14-31-26-25(37-28(31)34)23(16-4-3-5-19(29)13-16)22-17-6-7-18(12-17)24(22)36-26/h3-5,8-11,13,17-18,22-24H,2,6-7,12,14H2,1H3,(H,30,32)/t17?,18?,22?,23-,24?/m1/s1. The van der Waals surface area contributed by atoms with Gasteiger partial charge in [0.05, 0.1) is 17.2 Å². The largest absolute Gasteiger partial charge is 0.462 e. The molecule has 1 amide bonds. The van der Waals surface area contributed by atoms with Crippen LogP contribution in [-0.4, -0.2) is 28.3 Å². The lowest BCUT2D eigenvalue weighted by molar-refractivity contribution is -0.116. The van der Waals surface area contributed by atoms with Gasteiger partial charge in [0.1, 0.15) is 6.54 Å². The minimum Gasteiger partial charge on any atom is -0.462 e. The highest BCUT2D eigenvalue weighted by Gasteiger charge is 2.55. The molecule has 5 atom stereocenters. The normalized spacial score (nSPS) is 25.4. The molecule has 2 aromatic carbocycles. The second-order valence-electron chi connectivity index (χ2n) is 10.00. The van der Waals surface area contributed by atoms with Gasteiger partial charge < -0.3 is 10.1 Å². The first kappa shape index (κ1) is 24.9. The van der Waals surface area contributed by atoms with Gasteiger partial charge in [-0.15, -0.1) is 11.8 Å².